The van der Waals surface area contributed by atoms with Crippen molar-refractivity contribution in [1.29, 1.82) is 0 Å². The van der Waals surface area contributed by atoms with E-state index in [9.17, 15) is 23.2 Å². The number of methoxy groups -OCH3 is 1. The first-order valence-corrected chi connectivity index (χ1v) is 12.6. The van der Waals surface area contributed by atoms with Gasteiger partial charge in [0.25, 0.3) is 5.91 Å². The summed E-state index contributed by atoms with van der Waals surface area (Å²) in [5.74, 6) is -4.16. The highest BCUT2D eigenvalue weighted by molar-refractivity contribution is 6.30. The summed E-state index contributed by atoms with van der Waals surface area (Å²) < 4.78 is 48.8. The molecule has 0 bridgehead atoms. The molecule has 3 heterocycles. The zero-order valence-electron chi connectivity index (χ0n) is 20.6. The molecule has 3 aliphatic rings. The molecule has 2 N–H and O–H groups in total. The smallest absolute Gasteiger partial charge is 0.255 e. The molecule has 5 rings (SSSR count). The fraction of sp³-hybridized carbons (Fsp3) is 0.423. The van der Waals surface area contributed by atoms with E-state index in [1.54, 1.807) is 4.90 Å². The molecule has 0 aromatic heterocycles. The van der Waals surface area contributed by atoms with Crippen LogP contribution in [0.4, 0.5) is 24.5 Å². The first kappa shape index (κ1) is 26.1. The van der Waals surface area contributed by atoms with Gasteiger partial charge in [-0.05, 0) is 37.5 Å². The second-order valence-electron chi connectivity index (χ2n) is 10.0. The summed E-state index contributed by atoms with van der Waals surface area (Å²) in [6, 6.07) is 4.47. The highest BCUT2D eigenvalue weighted by Crippen LogP contribution is 2.45. The zero-order chi connectivity index (χ0) is 27.2. The molecular weight excluding hydrogens is 525 g/mol. The molecule has 2 aromatic rings. The predicted molar refractivity (Wildman–Crippen MR) is 134 cm³/mol. The standard InChI is InChI=1S/C26H26ClF3N4O4/c1-38-20-11-19(16(28)10-14(20)24(36)31-17-3-5-21(35)32-25(17)37)34-12-26(13-34)6-8-33(9-7-26)18-4-2-15(27)22(29)23(18)30/h2,4,10-11,17H,3,5-9,12-13H2,1H3,(H,31,36)(H,32,35,37). The number of imide groups is 1. The van der Waals surface area contributed by atoms with E-state index < -0.39 is 41.2 Å². The monoisotopic (exact) mass is 550 g/mol. The molecule has 3 fully saturated rings. The number of nitrogens with zero attached hydrogens (tertiary/aromatic N) is 2. The van der Waals surface area contributed by atoms with Gasteiger partial charge in [-0.3, -0.25) is 19.7 Å². The van der Waals surface area contributed by atoms with Crippen LogP contribution < -0.4 is 25.2 Å². The number of ether oxygens (including phenoxy) is 1. The van der Waals surface area contributed by atoms with Crippen LogP contribution in [0.5, 0.6) is 5.75 Å². The lowest BCUT2D eigenvalue weighted by Crippen LogP contribution is -2.60. The molecule has 1 atom stereocenters. The minimum Gasteiger partial charge on any atom is -0.496 e. The van der Waals surface area contributed by atoms with Crippen molar-refractivity contribution in [2.45, 2.75) is 31.7 Å². The second kappa shape index (κ2) is 10.0. The zero-order valence-corrected chi connectivity index (χ0v) is 21.3. The maximum Gasteiger partial charge on any atom is 0.255 e. The van der Waals surface area contributed by atoms with Crippen molar-refractivity contribution in [2.24, 2.45) is 5.41 Å². The summed E-state index contributed by atoms with van der Waals surface area (Å²) in [4.78, 5) is 39.7. The molecule has 0 aliphatic carbocycles. The van der Waals surface area contributed by atoms with Crippen LogP contribution in [0.15, 0.2) is 24.3 Å². The maximum atomic E-state index is 15.2. The number of carbonyl (C=O) groups is 3. The number of amides is 3. The third kappa shape index (κ3) is 4.75. The molecule has 202 valence electrons. The molecule has 1 spiro atoms. The van der Waals surface area contributed by atoms with E-state index >= 15 is 4.39 Å². The van der Waals surface area contributed by atoms with E-state index in [0.29, 0.717) is 31.9 Å². The van der Waals surface area contributed by atoms with Gasteiger partial charge in [-0.15, -0.1) is 0 Å². The summed E-state index contributed by atoms with van der Waals surface area (Å²) in [7, 11) is 1.37. The van der Waals surface area contributed by atoms with Gasteiger partial charge in [0.15, 0.2) is 11.6 Å². The number of benzene rings is 2. The summed E-state index contributed by atoms with van der Waals surface area (Å²) in [6.07, 6.45) is 1.70. The molecule has 3 amide bonds. The molecular formula is C26H26ClF3N4O4. The number of anilines is 2. The third-order valence-electron chi connectivity index (χ3n) is 7.63. The Morgan fingerprint density at radius 2 is 1.79 bits per heavy atom. The van der Waals surface area contributed by atoms with E-state index in [-0.39, 0.29) is 40.3 Å². The maximum absolute atomic E-state index is 15.2. The Morgan fingerprint density at radius 3 is 2.45 bits per heavy atom. The van der Waals surface area contributed by atoms with Gasteiger partial charge < -0.3 is 19.9 Å². The average molecular weight is 551 g/mol. The van der Waals surface area contributed by atoms with Gasteiger partial charge in [0.05, 0.1) is 29.1 Å². The number of piperidine rings is 2. The number of hydrogen-bond acceptors (Lipinski definition) is 6. The van der Waals surface area contributed by atoms with E-state index in [2.05, 4.69) is 10.6 Å². The van der Waals surface area contributed by atoms with E-state index in [1.807, 2.05) is 4.90 Å². The highest BCUT2D eigenvalue weighted by atomic mass is 35.5. The summed E-state index contributed by atoms with van der Waals surface area (Å²) in [5.41, 5.74) is 0.330. The Hall–Kier alpha value is -3.47. The van der Waals surface area contributed by atoms with Gasteiger partial charge in [0.2, 0.25) is 11.8 Å². The lowest BCUT2D eigenvalue weighted by molar-refractivity contribution is -0.134. The van der Waals surface area contributed by atoms with Crippen LogP contribution in [0.3, 0.4) is 0 Å². The Balaban J connectivity index is 1.24. The van der Waals surface area contributed by atoms with Crippen molar-refractivity contribution in [3.05, 3.63) is 52.3 Å². The van der Waals surface area contributed by atoms with Crippen LogP contribution in [-0.4, -0.2) is 57.1 Å². The van der Waals surface area contributed by atoms with Gasteiger partial charge in [0.1, 0.15) is 17.6 Å². The second-order valence-corrected chi connectivity index (χ2v) is 10.4. The summed E-state index contributed by atoms with van der Waals surface area (Å²) >= 11 is 5.66. The Labute approximate surface area is 222 Å². The Kier molecular flexibility index (Phi) is 6.89. The normalized spacial score (nSPS) is 20.7. The van der Waals surface area contributed by atoms with Crippen molar-refractivity contribution in [1.82, 2.24) is 10.6 Å². The van der Waals surface area contributed by atoms with E-state index in [1.165, 1.54) is 25.3 Å². The number of hydrogen-bond donors (Lipinski definition) is 2. The number of rotatable bonds is 5. The van der Waals surface area contributed by atoms with Crippen LogP contribution in [0.25, 0.3) is 0 Å². The lowest BCUT2D eigenvalue weighted by atomic mass is 9.71. The van der Waals surface area contributed by atoms with Crippen LogP contribution in [0.1, 0.15) is 36.0 Å². The predicted octanol–water partition coefficient (Wildman–Crippen LogP) is 3.41. The van der Waals surface area contributed by atoms with Crippen LogP contribution in [-0.2, 0) is 9.59 Å². The minimum absolute atomic E-state index is 0.0563. The van der Waals surface area contributed by atoms with Crippen molar-refractivity contribution < 1.29 is 32.3 Å². The first-order valence-electron chi connectivity index (χ1n) is 12.3. The van der Waals surface area contributed by atoms with Crippen molar-refractivity contribution >= 4 is 40.7 Å². The van der Waals surface area contributed by atoms with Gasteiger partial charge in [-0.25, -0.2) is 13.2 Å². The Bertz CT molecular complexity index is 1310. The molecule has 3 aliphatic heterocycles. The first-order chi connectivity index (χ1) is 18.1. The largest absolute Gasteiger partial charge is 0.496 e. The van der Waals surface area contributed by atoms with E-state index in [0.717, 1.165) is 18.9 Å². The van der Waals surface area contributed by atoms with Gasteiger partial charge in [-0.2, -0.15) is 0 Å². The fourth-order valence-corrected chi connectivity index (χ4v) is 5.58. The quantitative estimate of drug-likeness (QED) is 0.438. The SMILES string of the molecule is COc1cc(N2CC3(CCN(c4ccc(Cl)c(F)c4F)CC3)C2)c(F)cc1C(=O)NC1CCC(=O)NC1=O. The van der Waals surface area contributed by atoms with Crippen molar-refractivity contribution in [3.8, 4) is 5.75 Å². The molecule has 8 nitrogen and oxygen atoms in total. The van der Waals surface area contributed by atoms with Crippen molar-refractivity contribution in [2.75, 3.05) is 43.1 Å². The topological polar surface area (TPSA) is 91.0 Å². The number of carbonyl (C=O) groups excluding carboxylic acids is 3. The number of halogens is 4. The molecule has 2 aromatic carbocycles. The lowest BCUT2D eigenvalue weighted by Gasteiger charge is -2.55. The summed E-state index contributed by atoms with van der Waals surface area (Å²) in [6.45, 7) is 2.19. The molecule has 0 radical (unpaired) electrons. The van der Waals surface area contributed by atoms with Gasteiger partial charge in [0, 0.05) is 44.1 Å². The van der Waals surface area contributed by atoms with E-state index in [4.69, 9.17) is 16.3 Å². The average Bonchev–Trinajstić information content (AvgIpc) is 2.88. The molecule has 12 heteroatoms. The van der Waals surface area contributed by atoms with Crippen LogP contribution in [0.2, 0.25) is 5.02 Å². The molecule has 0 saturated carbocycles. The van der Waals surface area contributed by atoms with Gasteiger partial charge >= 0.3 is 0 Å². The Morgan fingerprint density at radius 1 is 1.08 bits per heavy atom. The fourth-order valence-electron chi connectivity index (χ4n) is 5.43. The minimum atomic E-state index is -1.06. The third-order valence-corrected chi connectivity index (χ3v) is 7.92. The van der Waals surface area contributed by atoms with Crippen molar-refractivity contribution in [3.63, 3.8) is 0 Å². The molecule has 3 saturated heterocycles. The van der Waals surface area contributed by atoms with Gasteiger partial charge in [-0.1, -0.05) is 11.6 Å². The van der Waals surface area contributed by atoms with Crippen LogP contribution >= 0.6 is 11.6 Å². The molecule has 1 unspecified atom stereocenters. The summed E-state index contributed by atoms with van der Waals surface area (Å²) in [5, 5.41) is 4.44. The molecule has 38 heavy (non-hydrogen) atoms. The highest BCUT2D eigenvalue weighted by Gasteiger charge is 2.46. The number of nitrogens with one attached hydrogen (secondary N) is 2. The van der Waals surface area contributed by atoms with Crippen LogP contribution in [0, 0.1) is 22.9 Å².